The molecular formula is C75H58IrN3-. The number of pyridine rings is 1. The number of fused-ring (bicyclic) bond motifs is 3. The largest absolute Gasteiger partial charge is 0.311 e. The zero-order chi connectivity index (χ0) is 52.5. The summed E-state index contributed by atoms with van der Waals surface area (Å²) in [6, 6.07) is 108. The second-order valence-electron chi connectivity index (χ2n) is 19.7. The maximum atomic E-state index is 4.31. The van der Waals surface area contributed by atoms with Crippen LogP contribution in [0.1, 0.15) is 25.3 Å². The first-order valence-electron chi connectivity index (χ1n) is 27.1. The van der Waals surface area contributed by atoms with E-state index in [1.165, 1.54) is 95.8 Å². The van der Waals surface area contributed by atoms with Crippen LogP contribution in [0.2, 0.25) is 0 Å². The minimum atomic E-state index is 0. The molecule has 383 valence electrons. The summed E-state index contributed by atoms with van der Waals surface area (Å²) in [6.45, 7) is 2.21. The average molecular weight is 1190 g/mol. The molecule has 3 nitrogen and oxygen atoms in total. The van der Waals surface area contributed by atoms with Crippen molar-refractivity contribution in [2.24, 2.45) is 0 Å². The van der Waals surface area contributed by atoms with Gasteiger partial charge in [0.25, 0.3) is 0 Å². The number of rotatable bonds is 13. The molecule has 0 aliphatic carbocycles. The number of anilines is 3. The fraction of sp³-hybridized carbons (Fsp3) is 0.0533. The number of hydrogen-bond donors (Lipinski definition) is 0. The van der Waals surface area contributed by atoms with Crippen LogP contribution in [-0.4, -0.2) is 9.55 Å². The number of benzene rings is 11. The molecule has 0 atom stereocenters. The normalized spacial score (nSPS) is 10.9. The summed E-state index contributed by atoms with van der Waals surface area (Å²) in [4.78, 5) is 6.66. The second-order valence-corrected chi connectivity index (χ2v) is 19.7. The summed E-state index contributed by atoms with van der Waals surface area (Å²) in [5.41, 5.74) is 22.2. The molecule has 0 amide bonds. The van der Waals surface area contributed by atoms with Gasteiger partial charge < -0.3 is 14.5 Å². The van der Waals surface area contributed by atoms with Crippen LogP contribution in [-0.2, 0) is 26.5 Å². The summed E-state index contributed by atoms with van der Waals surface area (Å²) in [6.07, 6.45) is 5.45. The molecule has 1 radical (unpaired) electrons. The maximum Gasteiger partial charge on any atom is 0.0541 e. The van der Waals surface area contributed by atoms with E-state index < -0.39 is 0 Å². The third kappa shape index (κ3) is 11.6. The van der Waals surface area contributed by atoms with Crippen LogP contribution in [0.3, 0.4) is 0 Å². The average Bonchev–Trinajstić information content (AvgIpc) is 3.99. The number of hydrogen-bond acceptors (Lipinski definition) is 2. The molecule has 2 aromatic heterocycles. The maximum absolute atomic E-state index is 4.31. The molecule has 13 rings (SSSR count). The molecule has 0 aliphatic heterocycles. The number of unbranched alkanes of at least 4 members (excludes halogenated alkanes) is 1. The SMILES string of the molecule is CCCCc1c[c-]c(-c2ccccn2)cc1.[Ir].c1ccc(-c2cccc(-c3ccc(N(c4ccc(-c5cccc(-c6ccccc6)c5)cc4)c4ccc(-c5cccc(-n6c7ccccc7c7ccccc76)c5)cc4)cc3)c2)cc1. The number of aryl methyl sites for hydroxylation is 1. The van der Waals surface area contributed by atoms with Crippen molar-refractivity contribution in [3.05, 3.63) is 309 Å². The Hall–Kier alpha value is -9.18. The van der Waals surface area contributed by atoms with E-state index in [1.807, 2.05) is 24.4 Å². The second kappa shape index (κ2) is 24.4. The van der Waals surface area contributed by atoms with Crippen LogP contribution < -0.4 is 4.90 Å². The van der Waals surface area contributed by atoms with Crippen molar-refractivity contribution >= 4 is 38.9 Å². The van der Waals surface area contributed by atoms with Gasteiger partial charge in [-0.05, 0) is 140 Å². The molecule has 2 heterocycles. The van der Waals surface area contributed by atoms with Crippen molar-refractivity contribution in [1.82, 2.24) is 9.55 Å². The molecule has 13 aromatic rings. The Balaban J connectivity index is 0.000000334. The van der Waals surface area contributed by atoms with E-state index in [4.69, 9.17) is 0 Å². The van der Waals surface area contributed by atoms with Crippen LogP contribution >= 0.6 is 0 Å². The molecule has 0 N–H and O–H groups in total. The van der Waals surface area contributed by atoms with Gasteiger partial charge >= 0.3 is 0 Å². The van der Waals surface area contributed by atoms with Gasteiger partial charge in [0.2, 0.25) is 0 Å². The van der Waals surface area contributed by atoms with Gasteiger partial charge in [-0.3, -0.25) is 0 Å². The minimum Gasteiger partial charge on any atom is -0.311 e. The Morgan fingerprint density at radius 2 is 0.797 bits per heavy atom. The van der Waals surface area contributed by atoms with Gasteiger partial charge in [-0.15, -0.1) is 35.4 Å². The van der Waals surface area contributed by atoms with Gasteiger partial charge in [-0.1, -0.05) is 220 Å². The summed E-state index contributed by atoms with van der Waals surface area (Å²) >= 11 is 0. The summed E-state index contributed by atoms with van der Waals surface area (Å²) < 4.78 is 2.38. The van der Waals surface area contributed by atoms with E-state index >= 15 is 0 Å². The van der Waals surface area contributed by atoms with Crippen molar-refractivity contribution in [1.29, 1.82) is 0 Å². The molecule has 0 fully saturated rings. The molecule has 0 unspecified atom stereocenters. The van der Waals surface area contributed by atoms with Gasteiger partial charge in [0.1, 0.15) is 0 Å². The summed E-state index contributed by atoms with van der Waals surface area (Å²) in [5.74, 6) is 0. The molecule has 4 heteroatoms. The van der Waals surface area contributed by atoms with Gasteiger partial charge in [0.15, 0.2) is 0 Å². The zero-order valence-electron chi connectivity index (χ0n) is 44.1. The van der Waals surface area contributed by atoms with Crippen molar-refractivity contribution in [2.75, 3.05) is 4.90 Å². The summed E-state index contributed by atoms with van der Waals surface area (Å²) in [5, 5.41) is 2.53. The van der Waals surface area contributed by atoms with Crippen molar-refractivity contribution in [3.63, 3.8) is 0 Å². The number of aromatic nitrogens is 2. The predicted octanol–water partition coefficient (Wildman–Crippen LogP) is 20.5. The van der Waals surface area contributed by atoms with Crippen LogP contribution in [0.15, 0.2) is 297 Å². The molecule has 0 saturated heterocycles. The first kappa shape index (κ1) is 51.9. The first-order chi connectivity index (χ1) is 38.6. The van der Waals surface area contributed by atoms with Crippen molar-refractivity contribution < 1.29 is 20.1 Å². The Morgan fingerprint density at radius 1 is 0.380 bits per heavy atom. The molecule has 0 aliphatic rings. The minimum absolute atomic E-state index is 0. The summed E-state index contributed by atoms with van der Waals surface area (Å²) in [7, 11) is 0. The standard InChI is InChI=1S/C60H42N2.C15H16N.Ir/c1-3-14-43(15-4-1)48-18-11-20-50(40-48)45-28-34-53(35-29-45)61(54-36-30-46(31-37-54)51-21-12-19-49(41-51)44-16-5-2-6-17-44)55-38-32-47(33-39-55)52-22-13-23-56(42-52)62-59-26-9-7-24-57(59)58-25-8-10-27-60(58)62;1-2-3-6-13-8-10-14(11-9-13)15-7-4-5-12-16-15;/h1-42H;4-5,7-10,12H,2-3,6H2,1H3;/q;-1;. The van der Waals surface area contributed by atoms with Crippen molar-refractivity contribution in [3.8, 4) is 72.6 Å². The van der Waals surface area contributed by atoms with Gasteiger partial charge in [0.05, 0.1) is 11.0 Å². The third-order valence-electron chi connectivity index (χ3n) is 14.6. The Bertz CT molecular complexity index is 3900. The Morgan fingerprint density at radius 3 is 1.24 bits per heavy atom. The molecule has 0 spiro atoms. The van der Waals surface area contributed by atoms with Crippen LogP contribution in [0.4, 0.5) is 17.1 Å². The zero-order valence-corrected chi connectivity index (χ0v) is 46.5. The van der Waals surface area contributed by atoms with E-state index in [2.05, 4.69) is 300 Å². The molecular weight excluding hydrogens is 1140 g/mol. The van der Waals surface area contributed by atoms with E-state index in [-0.39, 0.29) is 20.1 Å². The van der Waals surface area contributed by atoms with E-state index in [9.17, 15) is 0 Å². The Kier molecular flexibility index (Phi) is 16.1. The van der Waals surface area contributed by atoms with Crippen LogP contribution in [0, 0.1) is 6.07 Å². The quantitative estimate of drug-likeness (QED) is 0.107. The topological polar surface area (TPSA) is 21.1 Å². The smallest absolute Gasteiger partial charge is 0.0541 e. The number of para-hydroxylation sites is 2. The monoisotopic (exact) mass is 1190 g/mol. The van der Waals surface area contributed by atoms with Crippen LogP contribution in [0.5, 0.6) is 0 Å². The molecule has 0 bridgehead atoms. The van der Waals surface area contributed by atoms with E-state index in [0.717, 1.165) is 40.4 Å². The molecule has 0 saturated carbocycles. The van der Waals surface area contributed by atoms with E-state index in [1.54, 1.807) is 0 Å². The molecule has 79 heavy (non-hydrogen) atoms. The van der Waals surface area contributed by atoms with Gasteiger partial charge in [0, 0.05) is 59.8 Å². The third-order valence-corrected chi connectivity index (χ3v) is 14.6. The van der Waals surface area contributed by atoms with Gasteiger partial charge in [-0.2, -0.15) is 0 Å². The van der Waals surface area contributed by atoms with Crippen LogP contribution in [0.25, 0.3) is 94.4 Å². The number of nitrogens with zero attached hydrogens (tertiary/aromatic N) is 3. The fourth-order valence-corrected chi connectivity index (χ4v) is 10.6. The first-order valence-corrected chi connectivity index (χ1v) is 27.1. The van der Waals surface area contributed by atoms with Gasteiger partial charge in [-0.25, -0.2) is 0 Å². The van der Waals surface area contributed by atoms with Crippen molar-refractivity contribution in [2.45, 2.75) is 26.2 Å². The fourth-order valence-electron chi connectivity index (χ4n) is 10.6. The van der Waals surface area contributed by atoms with E-state index in [0.29, 0.717) is 0 Å². The Labute approximate surface area is 478 Å². The molecule has 11 aromatic carbocycles. The predicted molar refractivity (Wildman–Crippen MR) is 330 cm³/mol.